The van der Waals surface area contributed by atoms with E-state index in [1.54, 1.807) is 0 Å². The second-order valence-electron chi connectivity index (χ2n) is 4.84. The standard InChI is InChI=1S/C11H19NO9S/c1-5(13)12-8-10(20-6(2)14)9(15)7(21-11(8)16)4-19-22(3,17)18/h7-11,15-16H,4H2,1-3H3,(H,12,13). The highest BCUT2D eigenvalue weighted by atomic mass is 32.2. The molecule has 3 N–H and O–H groups in total. The van der Waals surface area contributed by atoms with E-state index in [-0.39, 0.29) is 0 Å². The molecule has 128 valence electrons. The van der Waals surface area contributed by atoms with E-state index < -0.39 is 59.2 Å². The second kappa shape index (κ2) is 7.33. The molecule has 1 amide bonds. The van der Waals surface area contributed by atoms with Gasteiger partial charge in [0.2, 0.25) is 5.91 Å². The summed E-state index contributed by atoms with van der Waals surface area (Å²) >= 11 is 0. The molecule has 1 heterocycles. The van der Waals surface area contributed by atoms with Gasteiger partial charge in [0.15, 0.2) is 12.4 Å². The predicted octanol–water partition coefficient (Wildman–Crippen LogP) is -2.52. The van der Waals surface area contributed by atoms with Crippen LogP contribution in [0.5, 0.6) is 0 Å². The zero-order valence-corrected chi connectivity index (χ0v) is 13.1. The number of esters is 1. The van der Waals surface area contributed by atoms with Crippen LogP contribution in [-0.2, 0) is 33.4 Å². The molecule has 1 aliphatic rings. The molecule has 1 saturated heterocycles. The van der Waals surface area contributed by atoms with Crippen LogP contribution in [0.3, 0.4) is 0 Å². The molecule has 0 spiro atoms. The number of amides is 1. The van der Waals surface area contributed by atoms with E-state index in [1.807, 2.05) is 0 Å². The van der Waals surface area contributed by atoms with Crippen LogP contribution in [0.4, 0.5) is 0 Å². The maximum atomic E-state index is 11.1. The van der Waals surface area contributed by atoms with Crippen LogP contribution >= 0.6 is 0 Å². The fraction of sp³-hybridized carbons (Fsp3) is 0.818. The molecule has 1 rings (SSSR count). The maximum Gasteiger partial charge on any atom is 0.303 e. The summed E-state index contributed by atoms with van der Waals surface area (Å²) in [5.74, 6) is -1.29. The number of aliphatic hydroxyl groups is 2. The van der Waals surface area contributed by atoms with Gasteiger partial charge in [0, 0.05) is 13.8 Å². The van der Waals surface area contributed by atoms with Gasteiger partial charge in [0.05, 0.1) is 12.9 Å². The van der Waals surface area contributed by atoms with Gasteiger partial charge in [-0.05, 0) is 0 Å². The first-order chi connectivity index (χ1) is 10.0. The highest BCUT2D eigenvalue weighted by Gasteiger charge is 2.47. The first-order valence-electron chi connectivity index (χ1n) is 6.31. The highest BCUT2D eigenvalue weighted by Crippen LogP contribution is 2.23. The van der Waals surface area contributed by atoms with Crippen LogP contribution in [0.15, 0.2) is 0 Å². The lowest BCUT2D eigenvalue weighted by Gasteiger charge is -2.42. The van der Waals surface area contributed by atoms with Crippen molar-refractivity contribution in [2.75, 3.05) is 12.9 Å². The van der Waals surface area contributed by atoms with Gasteiger partial charge in [-0.15, -0.1) is 0 Å². The van der Waals surface area contributed by atoms with Gasteiger partial charge in [-0.2, -0.15) is 8.42 Å². The molecular weight excluding hydrogens is 322 g/mol. The van der Waals surface area contributed by atoms with E-state index in [9.17, 15) is 28.2 Å². The Balaban J connectivity index is 2.91. The number of carbonyl (C=O) groups is 2. The van der Waals surface area contributed by atoms with Crippen molar-refractivity contribution in [1.29, 1.82) is 0 Å². The minimum Gasteiger partial charge on any atom is -0.457 e. The Morgan fingerprint density at radius 2 is 1.86 bits per heavy atom. The lowest BCUT2D eigenvalue weighted by molar-refractivity contribution is -0.256. The summed E-state index contributed by atoms with van der Waals surface area (Å²) in [6, 6.07) is -1.20. The molecule has 5 unspecified atom stereocenters. The number of hydrogen-bond donors (Lipinski definition) is 3. The van der Waals surface area contributed by atoms with Crippen LogP contribution in [0.1, 0.15) is 13.8 Å². The number of ether oxygens (including phenoxy) is 2. The molecule has 0 aromatic heterocycles. The molecule has 0 saturated carbocycles. The molecular formula is C11H19NO9S. The molecule has 22 heavy (non-hydrogen) atoms. The first-order valence-corrected chi connectivity index (χ1v) is 8.13. The number of carbonyl (C=O) groups excluding carboxylic acids is 2. The Hall–Kier alpha value is -1.27. The average molecular weight is 341 g/mol. The third-order valence-corrected chi connectivity index (χ3v) is 3.38. The first kappa shape index (κ1) is 18.8. The van der Waals surface area contributed by atoms with Crippen molar-refractivity contribution in [3.63, 3.8) is 0 Å². The molecule has 0 aromatic carbocycles. The molecule has 1 fully saturated rings. The molecule has 11 heteroatoms. The highest BCUT2D eigenvalue weighted by molar-refractivity contribution is 7.85. The quantitative estimate of drug-likeness (QED) is 0.364. The van der Waals surface area contributed by atoms with Crippen LogP contribution in [-0.4, -0.2) is 74.0 Å². The Morgan fingerprint density at radius 3 is 2.32 bits per heavy atom. The fourth-order valence-electron chi connectivity index (χ4n) is 1.98. The Labute approximate surface area is 127 Å². The molecule has 0 aromatic rings. The van der Waals surface area contributed by atoms with Gasteiger partial charge in [-0.25, -0.2) is 0 Å². The summed E-state index contributed by atoms with van der Waals surface area (Å²) in [6.45, 7) is 1.67. The smallest absolute Gasteiger partial charge is 0.303 e. The van der Waals surface area contributed by atoms with E-state index in [2.05, 4.69) is 9.50 Å². The van der Waals surface area contributed by atoms with Crippen molar-refractivity contribution in [2.45, 2.75) is 44.5 Å². The summed E-state index contributed by atoms with van der Waals surface area (Å²) in [7, 11) is -3.79. The SMILES string of the molecule is CC(=O)NC1C(O)OC(COS(C)(=O)=O)C(O)C1OC(C)=O. The van der Waals surface area contributed by atoms with E-state index in [1.165, 1.54) is 6.92 Å². The number of hydrogen-bond acceptors (Lipinski definition) is 9. The van der Waals surface area contributed by atoms with E-state index in [0.717, 1.165) is 13.2 Å². The minimum atomic E-state index is -3.79. The second-order valence-corrected chi connectivity index (χ2v) is 6.49. The summed E-state index contributed by atoms with van der Waals surface area (Å²) in [6.07, 6.45) is -4.91. The van der Waals surface area contributed by atoms with Gasteiger partial charge >= 0.3 is 5.97 Å². The summed E-state index contributed by atoms with van der Waals surface area (Å²) in [4.78, 5) is 22.3. The van der Waals surface area contributed by atoms with Gasteiger partial charge in [0.1, 0.15) is 18.2 Å². The van der Waals surface area contributed by atoms with Crippen molar-refractivity contribution in [2.24, 2.45) is 0 Å². The topological polar surface area (TPSA) is 148 Å². The zero-order chi connectivity index (χ0) is 17.1. The van der Waals surface area contributed by atoms with Crippen molar-refractivity contribution in [3.05, 3.63) is 0 Å². The third-order valence-electron chi connectivity index (χ3n) is 2.81. The summed E-state index contributed by atoms with van der Waals surface area (Å²) in [5, 5.41) is 22.3. The monoisotopic (exact) mass is 341 g/mol. The Kier molecular flexibility index (Phi) is 6.26. The van der Waals surface area contributed by atoms with Gasteiger partial charge < -0.3 is 25.0 Å². The maximum absolute atomic E-state index is 11.1. The van der Waals surface area contributed by atoms with Crippen molar-refractivity contribution in [1.82, 2.24) is 5.32 Å². The molecule has 1 aliphatic heterocycles. The van der Waals surface area contributed by atoms with Crippen molar-refractivity contribution in [3.8, 4) is 0 Å². The average Bonchev–Trinajstić information content (AvgIpc) is 2.34. The van der Waals surface area contributed by atoms with Crippen molar-refractivity contribution >= 4 is 22.0 Å². The summed E-state index contributed by atoms with van der Waals surface area (Å²) < 4.78 is 36.4. The number of rotatable bonds is 5. The Bertz CT molecular complexity index is 520. The van der Waals surface area contributed by atoms with E-state index in [4.69, 9.17) is 9.47 Å². The van der Waals surface area contributed by atoms with Gasteiger partial charge in [-0.1, -0.05) is 0 Å². The van der Waals surface area contributed by atoms with E-state index in [0.29, 0.717) is 0 Å². The van der Waals surface area contributed by atoms with Crippen LogP contribution in [0, 0.1) is 0 Å². The zero-order valence-electron chi connectivity index (χ0n) is 12.3. The molecule has 0 bridgehead atoms. The predicted molar refractivity (Wildman–Crippen MR) is 70.8 cm³/mol. The minimum absolute atomic E-state index is 0.539. The fourth-order valence-corrected chi connectivity index (χ4v) is 2.36. The normalized spacial score (nSPS) is 32.3. The summed E-state index contributed by atoms with van der Waals surface area (Å²) in [5.41, 5.74) is 0. The number of nitrogens with one attached hydrogen (secondary N) is 1. The van der Waals surface area contributed by atoms with Gasteiger partial charge in [0.25, 0.3) is 10.1 Å². The Morgan fingerprint density at radius 1 is 1.27 bits per heavy atom. The van der Waals surface area contributed by atoms with Gasteiger partial charge in [-0.3, -0.25) is 13.8 Å². The van der Waals surface area contributed by atoms with Crippen LogP contribution in [0.2, 0.25) is 0 Å². The molecule has 10 nitrogen and oxygen atoms in total. The lowest BCUT2D eigenvalue weighted by atomic mass is 9.96. The largest absolute Gasteiger partial charge is 0.457 e. The third kappa shape index (κ3) is 5.50. The molecule has 5 atom stereocenters. The number of aliphatic hydroxyl groups excluding tert-OH is 2. The van der Waals surface area contributed by atoms with E-state index >= 15 is 0 Å². The van der Waals surface area contributed by atoms with Crippen LogP contribution in [0.25, 0.3) is 0 Å². The molecule has 0 aliphatic carbocycles. The van der Waals surface area contributed by atoms with Crippen LogP contribution < -0.4 is 5.32 Å². The lowest BCUT2D eigenvalue weighted by Crippen LogP contribution is -2.65. The molecule has 0 radical (unpaired) electrons. The van der Waals surface area contributed by atoms with Crippen molar-refractivity contribution < 1.29 is 41.9 Å².